The molecule has 0 saturated carbocycles. The summed E-state index contributed by atoms with van der Waals surface area (Å²) in [6.45, 7) is 7.97. The normalized spacial score (nSPS) is 16.0. The van der Waals surface area contributed by atoms with E-state index in [0.29, 0.717) is 24.7 Å². The van der Waals surface area contributed by atoms with Gasteiger partial charge in [0.15, 0.2) is 0 Å². The fourth-order valence-corrected chi connectivity index (χ4v) is 2.48. The standard InChI is InChI=1S/C16H30O5/c1-11(2)7-5-9-13(14(17)18)16(21,15(19)20)10-6-8-12(3)4/h11-13,21H,5-10H2,1-4H3,(H,17,18)(H,19,20)/p-2. The molecule has 0 aromatic rings. The summed E-state index contributed by atoms with van der Waals surface area (Å²) in [6, 6.07) is 0. The Morgan fingerprint density at radius 2 is 1.43 bits per heavy atom. The molecule has 0 aromatic heterocycles. The third-order valence-electron chi connectivity index (χ3n) is 3.83. The first kappa shape index (κ1) is 19.9. The summed E-state index contributed by atoms with van der Waals surface area (Å²) in [5, 5.41) is 32.9. The maximum atomic E-state index is 11.3. The zero-order valence-electron chi connectivity index (χ0n) is 13.6. The van der Waals surface area contributed by atoms with Crippen molar-refractivity contribution in [3.63, 3.8) is 0 Å². The summed E-state index contributed by atoms with van der Waals surface area (Å²) >= 11 is 0. The van der Waals surface area contributed by atoms with Gasteiger partial charge in [0, 0.05) is 11.9 Å². The summed E-state index contributed by atoms with van der Waals surface area (Å²) in [6.07, 6.45) is 2.45. The molecule has 0 aromatic carbocycles. The summed E-state index contributed by atoms with van der Waals surface area (Å²) in [5.74, 6) is -3.91. The maximum Gasteiger partial charge on any atom is 0.112 e. The van der Waals surface area contributed by atoms with E-state index in [1.54, 1.807) is 0 Å². The van der Waals surface area contributed by atoms with Crippen LogP contribution in [0.1, 0.15) is 66.2 Å². The lowest BCUT2D eigenvalue weighted by molar-refractivity contribution is -0.342. The van der Waals surface area contributed by atoms with Crippen molar-refractivity contribution in [2.24, 2.45) is 17.8 Å². The minimum Gasteiger partial charge on any atom is -0.550 e. The summed E-state index contributed by atoms with van der Waals surface area (Å²) < 4.78 is 0. The lowest BCUT2D eigenvalue weighted by atomic mass is 9.79. The number of hydrogen-bond acceptors (Lipinski definition) is 5. The van der Waals surface area contributed by atoms with Crippen LogP contribution in [0.3, 0.4) is 0 Å². The minimum absolute atomic E-state index is 0.0900. The third-order valence-corrected chi connectivity index (χ3v) is 3.83. The number of carbonyl (C=O) groups excluding carboxylic acids is 2. The van der Waals surface area contributed by atoms with Crippen molar-refractivity contribution < 1.29 is 24.9 Å². The van der Waals surface area contributed by atoms with E-state index < -0.39 is 23.5 Å². The van der Waals surface area contributed by atoms with E-state index in [9.17, 15) is 24.9 Å². The van der Waals surface area contributed by atoms with Crippen molar-refractivity contribution in [2.75, 3.05) is 0 Å². The Labute approximate surface area is 127 Å². The molecule has 0 aliphatic heterocycles. The van der Waals surface area contributed by atoms with E-state index in [1.807, 2.05) is 27.7 Å². The van der Waals surface area contributed by atoms with Gasteiger partial charge in [-0.3, -0.25) is 0 Å². The highest BCUT2D eigenvalue weighted by Crippen LogP contribution is 2.29. The molecule has 2 atom stereocenters. The summed E-state index contributed by atoms with van der Waals surface area (Å²) in [5.41, 5.74) is -2.34. The molecule has 2 unspecified atom stereocenters. The average Bonchev–Trinajstić information content (AvgIpc) is 2.32. The second-order valence-corrected chi connectivity index (χ2v) is 6.69. The van der Waals surface area contributed by atoms with Crippen LogP contribution in [0.2, 0.25) is 0 Å². The number of rotatable bonds is 11. The van der Waals surface area contributed by atoms with Gasteiger partial charge in [-0.15, -0.1) is 0 Å². The molecule has 0 bridgehead atoms. The second kappa shape index (κ2) is 9.03. The Kier molecular flexibility index (Phi) is 8.55. The predicted octanol–water partition coefficient (Wildman–Crippen LogP) is 0.486. The molecule has 0 saturated heterocycles. The van der Waals surface area contributed by atoms with Crippen molar-refractivity contribution in [1.29, 1.82) is 0 Å². The topological polar surface area (TPSA) is 100 Å². The van der Waals surface area contributed by atoms with Crippen LogP contribution in [0.5, 0.6) is 0 Å². The Morgan fingerprint density at radius 3 is 1.81 bits per heavy atom. The lowest BCUT2D eigenvalue weighted by Crippen LogP contribution is -2.58. The van der Waals surface area contributed by atoms with Crippen LogP contribution in [0.15, 0.2) is 0 Å². The number of aliphatic hydroxyl groups is 1. The number of aliphatic carboxylic acids is 2. The number of carboxylic acids is 2. The first-order valence-corrected chi connectivity index (χ1v) is 7.76. The molecule has 0 fully saturated rings. The smallest absolute Gasteiger partial charge is 0.112 e. The van der Waals surface area contributed by atoms with Gasteiger partial charge in [-0.25, -0.2) is 0 Å². The van der Waals surface area contributed by atoms with Crippen LogP contribution in [-0.2, 0) is 9.59 Å². The number of carbonyl (C=O) groups is 2. The first-order chi connectivity index (χ1) is 9.61. The molecule has 0 heterocycles. The van der Waals surface area contributed by atoms with E-state index >= 15 is 0 Å². The molecule has 0 radical (unpaired) electrons. The molecule has 1 N–H and O–H groups in total. The maximum absolute atomic E-state index is 11.3. The Bertz CT molecular complexity index is 338. The largest absolute Gasteiger partial charge is 0.550 e. The highest BCUT2D eigenvalue weighted by atomic mass is 16.4. The molecular formula is C16H28O5-2. The molecule has 0 amide bonds. The zero-order valence-corrected chi connectivity index (χ0v) is 13.6. The van der Waals surface area contributed by atoms with Crippen molar-refractivity contribution in [2.45, 2.75) is 71.8 Å². The Morgan fingerprint density at radius 1 is 0.952 bits per heavy atom. The van der Waals surface area contributed by atoms with Gasteiger partial charge in [0.2, 0.25) is 0 Å². The van der Waals surface area contributed by atoms with Crippen molar-refractivity contribution >= 4 is 11.9 Å². The molecule has 0 aliphatic rings. The molecule has 0 spiro atoms. The van der Waals surface area contributed by atoms with Crippen molar-refractivity contribution in [1.82, 2.24) is 0 Å². The van der Waals surface area contributed by atoms with E-state index in [2.05, 4.69) is 0 Å². The van der Waals surface area contributed by atoms with Gasteiger partial charge < -0.3 is 24.9 Å². The quantitative estimate of drug-likeness (QED) is 0.598. The molecule has 5 heteroatoms. The predicted molar refractivity (Wildman–Crippen MR) is 75.8 cm³/mol. The molecule has 0 aliphatic carbocycles. The first-order valence-electron chi connectivity index (χ1n) is 7.76. The zero-order chi connectivity index (χ0) is 16.6. The van der Waals surface area contributed by atoms with Crippen LogP contribution >= 0.6 is 0 Å². The third kappa shape index (κ3) is 6.93. The Balaban J connectivity index is 4.88. The van der Waals surface area contributed by atoms with Gasteiger partial charge in [-0.05, 0) is 31.1 Å². The fourth-order valence-electron chi connectivity index (χ4n) is 2.48. The van der Waals surface area contributed by atoms with Crippen LogP contribution in [0.25, 0.3) is 0 Å². The van der Waals surface area contributed by atoms with E-state index in [0.717, 1.165) is 12.8 Å². The van der Waals surface area contributed by atoms with Gasteiger partial charge >= 0.3 is 0 Å². The number of hydrogen-bond donors (Lipinski definition) is 1. The van der Waals surface area contributed by atoms with Crippen LogP contribution < -0.4 is 10.2 Å². The highest BCUT2D eigenvalue weighted by molar-refractivity contribution is 5.83. The average molecular weight is 300 g/mol. The lowest BCUT2D eigenvalue weighted by Gasteiger charge is -2.38. The van der Waals surface area contributed by atoms with Gasteiger partial charge in [0.1, 0.15) is 5.60 Å². The molecular weight excluding hydrogens is 272 g/mol. The summed E-state index contributed by atoms with van der Waals surface area (Å²) in [7, 11) is 0. The Hall–Kier alpha value is -1.10. The van der Waals surface area contributed by atoms with Gasteiger partial charge in [-0.1, -0.05) is 47.0 Å². The van der Waals surface area contributed by atoms with Gasteiger partial charge in [0.05, 0.1) is 5.97 Å². The van der Waals surface area contributed by atoms with E-state index in [1.165, 1.54) is 0 Å². The van der Waals surface area contributed by atoms with E-state index in [-0.39, 0.29) is 12.8 Å². The van der Waals surface area contributed by atoms with Crippen LogP contribution in [0.4, 0.5) is 0 Å². The highest BCUT2D eigenvalue weighted by Gasteiger charge is 2.38. The van der Waals surface area contributed by atoms with Crippen LogP contribution in [0, 0.1) is 17.8 Å². The SMILES string of the molecule is CC(C)CCCC(C(=O)[O-])C(O)(CCCC(C)C)C(=O)[O-]. The minimum atomic E-state index is -2.34. The van der Waals surface area contributed by atoms with Gasteiger partial charge in [0.25, 0.3) is 0 Å². The monoisotopic (exact) mass is 300 g/mol. The van der Waals surface area contributed by atoms with Gasteiger partial charge in [-0.2, -0.15) is 0 Å². The molecule has 5 nitrogen and oxygen atoms in total. The molecule has 21 heavy (non-hydrogen) atoms. The van der Waals surface area contributed by atoms with Crippen molar-refractivity contribution in [3.05, 3.63) is 0 Å². The van der Waals surface area contributed by atoms with Crippen molar-refractivity contribution in [3.8, 4) is 0 Å². The molecule has 0 rings (SSSR count). The number of carboxylic acid groups (broad SMARTS) is 2. The van der Waals surface area contributed by atoms with E-state index in [4.69, 9.17) is 0 Å². The summed E-state index contributed by atoms with van der Waals surface area (Å²) in [4.78, 5) is 22.5. The second-order valence-electron chi connectivity index (χ2n) is 6.69. The fraction of sp³-hybridized carbons (Fsp3) is 0.875. The molecule has 124 valence electrons. The van der Waals surface area contributed by atoms with Crippen LogP contribution in [-0.4, -0.2) is 22.6 Å².